The maximum atomic E-state index is 13.5. The molecule has 25 heavy (non-hydrogen) atoms. The van der Waals surface area contributed by atoms with E-state index in [-0.39, 0.29) is 5.69 Å². The highest BCUT2D eigenvalue weighted by Crippen LogP contribution is 2.23. The molecule has 0 fully saturated rings. The average molecular weight is 339 g/mol. The lowest BCUT2D eigenvalue weighted by atomic mass is 10.0. The Bertz CT molecular complexity index is 920. The number of carbonyl (C=O) groups is 1. The van der Waals surface area contributed by atoms with Crippen LogP contribution in [0.15, 0.2) is 48.7 Å². The molecule has 2 heterocycles. The summed E-state index contributed by atoms with van der Waals surface area (Å²) < 4.78 is 26.9. The summed E-state index contributed by atoms with van der Waals surface area (Å²) in [5, 5.41) is 2.65. The molecule has 0 unspecified atom stereocenters. The first-order valence-electron chi connectivity index (χ1n) is 7.60. The number of rotatable bonds is 3. The van der Waals surface area contributed by atoms with Crippen LogP contribution in [0.25, 0.3) is 11.1 Å². The van der Waals surface area contributed by atoms with E-state index >= 15 is 0 Å². The van der Waals surface area contributed by atoms with Crippen LogP contribution < -0.4 is 5.32 Å². The molecule has 0 aliphatic rings. The zero-order valence-corrected chi connectivity index (χ0v) is 13.7. The van der Waals surface area contributed by atoms with Crippen molar-refractivity contribution in [2.45, 2.75) is 13.8 Å². The Labute approximate surface area is 143 Å². The van der Waals surface area contributed by atoms with Gasteiger partial charge in [-0.2, -0.15) is 0 Å². The molecule has 0 spiro atoms. The number of benzene rings is 1. The number of aromatic nitrogens is 2. The number of aryl methyl sites for hydroxylation is 2. The van der Waals surface area contributed by atoms with Crippen LogP contribution in [0.2, 0.25) is 0 Å². The van der Waals surface area contributed by atoms with E-state index in [0.29, 0.717) is 22.6 Å². The third kappa shape index (κ3) is 4.03. The van der Waals surface area contributed by atoms with Gasteiger partial charge in [-0.25, -0.2) is 18.7 Å². The Balaban J connectivity index is 1.93. The Kier molecular flexibility index (Phi) is 4.52. The van der Waals surface area contributed by atoms with Crippen molar-refractivity contribution in [1.29, 1.82) is 0 Å². The van der Waals surface area contributed by atoms with Crippen LogP contribution in [0, 0.1) is 25.5 Å². The van der Waals surface area contributed by atoms with Crippen LogP contribution in [0.5, 0.6) is 0 Å². The van der Waals surface area contributed by atoms with E-state index in [1.807, 2.05) is 13.0 Å². The van der Waals surface area contributed by atoms with Gasteiger partial charge in [0.15, 0.2) is 0 Å². The van der Waals surface area contributed by atoms with Crippen molar-refractivity contribution in [2.75, 3.05) is 5.32 Å². The third-order valence-corrected chi connectivity index (χ3v) is 3.53. The number of nitrogens with one attached hydrogen (secondary N) is 1. The van der Waals surface area contributed by atoms with Gasteiger partial charge in [-0.3, -0.25) is 4.79 Å². The summed E-state index contributed by atoms with van der Waals surface area (Å²) in [7, 11) is 0. The van der Waals surface area contributed by atoms with Gasteiger partial charge in [0.2, 0.25) is 0 Å². The summed E-state index contributed by atoms with van der Waals surface area (Å²) in [5.41, 5.74) is 2.52. The highest BCUT2D eigenvalue weighted by atomic mass is 19.1. The maximum Gasteiger partial charge on any atom is 0.275 e. The Hall–Kier alpha value is -3.15. The predicted octanol–water partition coefficient (Wildman–Crippen LogP) is 4.29. The van der Waals surface area contributed by atoms with Gasteiger partial charge in [-0.05, 0) is 60.9 Å². The smallest absolute Gasteiger partial charge is 0.275 e. The van der Waals surface area contributed by atoms with Crippen molar-refractivity contribution < 1.29 is 13.6 Å². The molecule has 1 N–H and O–H groups in total. The molecule has 0 atom stereocenters. The standard InChI is InChI=1S/C19H15F2N3O/c1-11-3-4-18(22-10-11)24-19(25)17-8-13(5-12(2)23-17)14-6-15(20)9-16(21)7-14/h3-10H,1-2H3,(H,22,24,25). The van der Waals surface area contributed by atoms with Crippen molar-refractivity contribution in [3.63, 3.8) is 0 Å². The molecule has 0 saturated carbocycles. The first-order chi connectivity index (χ1) is 11.9. The van der Waals surface area contributed by atoms with Crippen molar-refractivity contribution in [3.8, 4) is 11.1 Å². The second-order valence-corrected chi connectivity index (χ2v) is 5.72. The first-order valence-corrected chi connectivity index (χ1v) is 7.60. The van der Waals surface area contributed by atoms with E-state index in [4.69, 9.17) is 0 Å². The van der Waals surface area contributed by atoms with Gasteiger partial charge in [0.05, 0.1) is 0 Å². The first kappa shape index (κ1) is 16.7. The molecule has 0 saturated heterocycles. The molecular weight excluding hydrogens is 324 g/mol. The third-order valence-electron chi connectivity index (χ3n) is 3.53. The highest BCUT2D eigenvalue weighted by molar-refractivity contribution is 6.03. The quantitative estimate of drug-likeness (QED) is 0.774. The van der Waals surface area contributed by atoms with E-state index < -0.39 is 17.5 Å². The van der Waals surface area contributed by atoms with Crippen molar-refractivity contribution >= 4 is 11.7 Å². The topological polar surface area (TPSA) is 54.9 Å². The van der Waals surface area contributed by atoms with E-state index in [0.717, 1.165) is 11.6 Å². The molecule has 126 valence electrons. The normalized spacial score (nSPS) is 10.6. The summed E-state index contributed by atoms with van der Waals surface area (Å²) in [6, 6.07) is 9.88. The molecule has 1 amide bonds. The highest BCUT2D eigenvalue weighted by Gasteiger charge is 2.12. The Morgan fingerprint density at radius 2 is 1.64 bits per heavy atom. The van der Waals surface area contributed by atoms with Gasteiger partial charge < -0.3 is 5.32 Å². The van der Waals surface area contributed by atoms with Crippen LogP contribution in [0.1, 0.15) is 21.7 Å². The van der Waals surface area contributed by atoms with Crippen LogP contribution in [0.3, 0.4) is 0 Å². The van der Waals surface area contributed by atoms with Gasteiger partial charge >= 0.3 is 0 Å². The predicted molar refractivity (Wildman–Crippen MR) is 91.3 cm³/mol. The monoisotopic (exact) mass is 339 g/mol. The fraction of sp³-hybridized carbons (Fsp3) is 0.105. The lowest BCUT2D eigenvalue weighted by molar-refractivity contribution is 0.102. The SMILES string of the molecule is Cc1ccc(NC(=O)c2cc(-c3cc(F)cc(F)c3)cc(C)n2)nc1. The van der Waals surface area contributed by atoms with Crippen LogP contribution in [-0.4, -0.2) is 15.9 Å². The van der Waals surface area contributed by atoms with Gasteiger partial charge in [0, 0.05) is 18.0 Å². The van der Waals surface area contributed by atoms with Gasteiger partial charge in [0.1, 0.15) is 23.1 Å². The molecule has 6 heteroatoms. The van der Waals surface area contributed by atoms with E-state index in [9.17, 15) is 13.6 Å². The number of carbonyl (C=O) groups excluding carboxylic acids is 1. The lowest BCUT2D eigenvalue weighted by Crippen LogP contribution is -2.15. The summed E-state index contributed by atoms with van der Waals surface area (Å²) in [6.45, 7) is 3.60. The molecule has 3 rings (SSSR count). The average Bonchev–Trinajstić information content (AvgIpc) is 2.55. The minimum Gasteiger partial charge on any atom is -0.305 e. The Morgan fingerprint density at radius 3 is 2.28 bits per heavy atom. The Morgan fingerprint density at radius 1 is 0.960 bits per heavy atom. The van der Waals surface area contributed by atoms with Crippen molar-refractivity contribution in [3.05, 3.63) is 77.2 Å². The molecule has 3 aromatic rings. The second kappa shape index (κ2) is 6.76. The summed E-state index contributed by atoms with van der Waals surface area (Å²) >= 11 is 0. The summed E-state index contributed by atoms with van der Waals surface area (Å²) in [6.07, 6.45) is 1.64. The molecule has 0 aliphatic carbocycles. The summed E-state index contributed by atoms with van der Waals surface area (Å²) in [4.78, 5) is 20.7. The largest absolute Gasteiger partial charge is 0.305 e. The summed E-state index contributed by atoms with van der Waals surface area (Å²) in [5.74, 6) is -1.41. The number of halogens is 2. The molecule has 1 aromatic carbocycles. The van der Waals surface area contributed by atoms with Crippen LogP contribution >= 0.6 is 0 Å². The van der Waals surface area contributed by atoms with E-state index in [1.54, 1.807) is 25.3 Å². The van der Waals surface area contributed by atoms with E-state index in [2.05, 4.69) is 15.3 Å². The lowest BCUT2D eigenvalue weighted by Gasteiger charge is -2.08. The second-order valence-electron chi connectivity index (χ2n) is 5.72. The molecule has 0 bridgehead atoms. The number of amides is 1. The minimum atomic E-state index is -0.681. The van der Waals surface area contributed by atoms with Crippen LogP contribution in [-0.2, 0) is 0 Å². The molecular formula is C19H15F2N3O. The maximum absolute atomic E-state index is 13.5. The van der Waals surface area contributed by atoms with Crippen molar-refractivity contribution in [2.24, 2.45) is 0 Å². The number of pyridine rings is 2. The zero-order valence-electron chi connectivity index (χ0n) is 13.7. The molecule has 0 aliphatic heterocycles. The van der Waals surface area contributed by atoms with Gasteiger partial charge in [0.25, 0.3) is 5.91 Å². The zero-order chi connectivity index (χ0) is 18.0. The fourth-order valence-corrected chi connectivity index (χ4v) is 2.39. The van der Waals surface area contributed by atoms with E-state index in [1.165, 1.54) is 18.2 Å². The number of nitrogens with zero attached hydrogens (tertiary/aromatic N) is 2. The van der Waals surface area contributed by atoms with Gasteiger partial charge in [-0.15, -0.1) is 0 Å². The number of hydrogen-bond donors (Lipinski definition) is 1. The van der Waals surface area contributed by atoms with Gasteiger partial charge in [-0.1, -0.05) is 6.07 Å². The van der Waals surface area contributed by atoms with Crippen LogP contribution in [0.4, 0.5) is 14.6 Å². The van der Waals surface area contributed by atoms with Crippen molar-refractivity contribution in [1.82, 2.24) is 9.97 Å². The minimum absolute atomic E-state index is 0.141. The molecule has 0 radical (unpaired) electrons. The number of anilines is 1. The molecule has 2 aromatic heterocycles. The number of hydrogen-bond acceptors (Lipinski definition) is 3. The fourth-order valence-electron chi connectivity index (χ4n) is 2.39. The molecule has 4 nitrogen and oxygen atoms in total.